The molecule has 0 aromatic heterocycles. The second kappa shape index (κ2) is 3.53. The average Bonchev–Trinajstić information content (AvgIpc) is 2.45. The van der Waals surface area contributed by atoms with Crippen LogP contribution in [0.5, 0.6) is 0 Å². The summed E-state index contributed by atoms with van der Waals surface area (Å²) in [4.78, 5) is 23.6. The number of hydrogen-bond acceptors (Lipinski definition) is 3. The Balaban J connectivity index is 3.02. The summed E-state index contributed by atoms with van der Waals surface area (Å²) >= 11 is 0. The maximum absolute atomic E-state index is 11.4. The molecular formula is C10H15NO3. The molecule has 1 atom stereocenters. The second-order valence-electron chi connectivity index (χ2n) is 3.73. The van der Waals surface area contributed by atoms with Gasteiger partial charge in [-0.2, -0.15) is 0 Å². The molecule has 0 spiro atoms. The van der Waals surface area contributed by atoms with Gasteiger partial charge in [0.05, 0.1) is 0 Å². The van der Waals surface area contributed by atoms with E-state index in [0.29, 0.717) is 6.42 Å². The van der Waals surface area contributed by atoms with Gasteiger partial charge in [0, 0.05) is 18.1 Å². The van der Waals surface area contributed by atoms with Gasteiger partial charge in [0.2, 0.25) is 0 Å². The molecule has 1 unspecified atom stereocenters. The Bertz CT molecular complexity index is 278. The number of amides is 2. The van der Waals surface area contributed by atoms with Crippen LogP contribution in [0.1, 0.15) is 27.2 Å². The Kier molecular flexibility index (Phi) is 2.76. The van der Waals surface area contributed by atoms with Crippen molar-refractivity contribution < 1.29 is 14.7 Å². The minimum absolute atomic E-state index is 0.180. The zero-order valence-corrected chi connectivity index (χ0v) is 8.65. The molecule has 2 amide bonds. The highest BCUT2D eigenvalue weighted by Gasteiger charge is 2.43. The van der Waals surface area contributed by atoms with Crippen LogP contribution in [0, 0.1) is 5.92 Å². The first-order valence-electron chi connectivity index (χ1n) is 4.72. The molecule has 0 aliphatic carbocycles. The topological polar surface area (TPSA) is 57.6 Å². The normalized spacial score (nSPS) is 20.8. The van der Waals surface area contributed by atoms with E-state index in [1.165, 1.54) is 12.2 Å². The molecule has 78 valence electrons. The zero-order valence-electron chi connectivity index (χ0n) is 8.65. The molecule has 0 fully saturated rings. The summed E-state index contributed by atoms with van der Waals surface area (Å²) in [6.45, 7) is 5.31. The number of aliphatic hydroxyl groups is 1. The number of carbonyl (C=O) groups is 2. The van der Waals surface area contributed by atoms with Gasteiger partial charge in [0.15, 0.2) is 0 Å². The standard InChI is InChI=1S/C10H15NO3/c1-4-10(14,7(2)3)11-8(12)5-6-9(11)13/h5-7,14H,4H2,1-3H3. The Morgan fingerprint density at radius 1 is 1.36 bits per heavy atom. The predicted molar refractivity (Wildman–Crippen MR) is 51.1 cm³/mol. The van der Waals surface area contributed by atoms with Gasteiger partial charge < -0.3 is 5.11 Å². The van der Waals surface area contributed by atoms with Crippen LogP contribution in [0.15, 0.2) is 12.2 Å². The third kappa shape index (κ3) is 1.46. The molecule has 0 aromatic rings. The maximum atomic E-state index is 11.4. The minimum atomic E-state index is -1.36. The van der Waals surface area contributed by atoms with Crippen molar-refractivity contribution in [2.24, 2.45) is 5.92 Å². The zero-order chi connectivity index (χ0) is 10.9. The van der Waals surface area contributed by atoms with Gasteiger partial charge in [0.1, 0.15) is 5.72 Å². The Labute approximate surface area is 83.2 Å². The van der Waals surface area contributed by atoms with E-state index in [1.54, 1.807) is 20.8 Å². The van der Waals surface area contributed by atoms with E-state index in [1.807, 2.05) is 0 Å². The van der Waals surface area contributed by atoms with Crippen LogP contribution in [-0.2, 0) is 9.59 Å². The van der Waals surface area contributed by atoms with Crippen molar-refractivity contribution in [1.29, 1.82) is 0 Å². The van der Waals surface area contributed by atoms with Crippen molar-refractivity contribution in [2.75, 3.05) is 0 Å². The number of rotatable bonds is 3. The van der Waals surface area contributed by atoms with Gasteiger partial charge in [-0.15, -0.1) is 0 Å². The first-order chi connectivity index (χ1) is 6.43. The highest BCUT2D eigenvalue weighted by atomic mass is 16.3. The molecule has 0 saturated heterocycles. The molecule has 4 heteroatoms. The van der Waals surface area contributed by atoms with E-state index in [0.717, 1.165) is 4.90 Å². The SMILES string of the molecule is CCC(O)(C(C)C)N1C(=O)C=CC1=O. The molecule has 4 nitrogen and oxygen atoms in total. The maximum Gasteiger partial charge on any atom is 0.255 e. The van der Waals surface area contributed by atoms with E-state index in [9.17, 15) is 14.7 Å². The molecular weight excluding hydrogens is 182 g/mol. The van der Waals surface area contributed by atoms with Gasteiger partial charge in [-0.3, -0.25) is 9.59 Å². The fourth-order valence-electron chi connectivity index (χ4n) is 1.61. The molecule has 1 N–H and O–H groups in total. The smallest absolute Gasteiger partial charge is 0.255 e. The van der Waals surface area contributed by atoms with E-state index in [4.69, 9.17) is 0 Å². The van der Waals surface area contributed by atoms with Crippen LogP contribution >= 0.6 is 0 Å². The van der Waals surface area contributed by atoms with Gasteiger partial charge in [-0.05, 0) is 6.42 Å². The van der Waals surface area contributed by atoms with Gasteiger partial charge >= 0.3 is 0 Å². The summed E-state index contributed by atoms with van der Waals surface area (Å²) in [6.07, 6.45) is 2.71. The molecule has 0 aromatic carbocycles. The molecule has 1 aliphatic rings. The van der Waals surface area contributed by atoms with Crippen molar-refractivity contribution in [2.45, 2.75) is 32.9 Å². The van der Waals surface area contributed by atoms with Crippen LogP contribution in [0.2, 0.25) is 0 Å². The van der Waals surface area contributed by atoms with Crippen LogP contribution in [0.25, 0.3) is 0 Å². The van der Waals surface area contributed by atoms with Gasteiger partial charge in [0.25, 0.3) is 11.8 Å². The molecule has 1 aliphatic heterocycles. The van der Waals surface area contributed by atoms with E-state index < -0.39 is 17.5 Å². The number of hydrogen-bond donors (Lipinski definition) is 1. The van der Waals surface area contributed by atoms with Crippen molar-refractivity contribution in [3.63, 3.8) is 0 Å². The molecule has 0 bridgehead atoms. The first-order valence-corrected chi connectivity index (χ1v) is 4.72. The van der Waals surface area contributed by atoms with Gasteiger partial charge in [-0.1, -0.05) is 20.8 Å². The fourth-order valence-corrected chi connectivity index (χ4v) is 1.61. The predicted octanol–water partition coefficient (Wildman–Crippen LogP) is 0.666. The molecule has 14 heavy (non-hydrogen) atoms. The lowest BCUT2D eigenvalue weighted by Crippen LogP contribution is -2.55. The molecule has 1 heterocycles. The Hall–Kier alpha value is -1.16. The average molecular weight is 197 g/mol. The monoisotopic (exact) mass is 197 g/mol. The van der Waals surface area contributed by atoms with Crippen molar-refractivity contribution in [3.8, 4) is 0 Å². The van der Waals surface area contributed by atoms with Crippen molar-refractivity contribution in [3.05, 3.63) is 12.2 Å². The fraction of sp³-hybridized carbons (Fsp3) is 0.600. The minimum Gasteiger partial charge on any atom is -0.370 e. The Morgan fingerprint density at radius 3 is 2.07 bits per heavy atom. The second-order valence-corrected chi connectivity index (χ2v) is 3.73. The summed E-state index contributed by atoms with van der Waals surface area (Å²) in [5, 5.41) is 10.2. The summed E-state index contributed by atoms with van der Waals surface area (Å²) < 4.78 is 0. The van der Waals surface area contributed by atoms with E-state index >= 15 is 0 Å². The highest BCUT2D eigenvalue weighted by Crippen LogP contribution is 2.28. The third-order valence-corrected chi connectivity index (χ3v) is 2.64. The van der Waals surface area contributed by atoms with Crippen LogP contribution in [0.3, 0.4) is 0 Å². The number of carbonyl (C=O) groups excluding carboxylic acids is 2. The summed E-state index contributed by atoms with van der Waals surface area (Å²) in [6, 6.07) is 0. The summed E-state index contributed by atoms with van der Waals surface area (Å²) in [5.74, 6) is -1.05. The largest absolute Gasteiger partial charge is 0.370 e. The molecule has 0 radical (unpaired) electrons. The van der Waals surface area contributed by atoms with Crippen LogP contribution in [-0.4, -0.2) is 27.5 Å². The lowest BCUT2D eigenvalue weighted by molar-refractivity contribution is -0.174. The number of nitrogens with zero attached hydrogens (tertiary/aromatic N) is 1. The van der Waals surface area contributed by atoms with Crippen LogP contribution in [0.4, 0.5) is 0 Å². The number of imide groups is 1. The molecule has 1 rings (SSSR count). The van der Waals surface area contributed by atoms with Crippen molar-refractivity contribution >= 4 is 11.8 Å². The highest BCUT2D eigenvalue weighted by molar-refractivity contribution is 6.13. The lowest BCUT2D eigenvalue weighted by atomic mass is 9.95. The summed E-state index contributed by atoms with van der Waals surface area (Å²) in [5.41, 5.74) is -1.36. The third-order valence-electron chi connectivity index (χ3n) is 2.64. The van der Waals surface area contributed by atoms with Crippen molar-refractivity contribution in [1.82, 2.24) is 4.90 Å². The lowest BCUT2D eigenvalue weighted by Gasteiger charge is -2.38. The van der Waals surface area contributed by atoms with Gasteiger partial charge in [-0.25, -0.2) is 4.90 Å². The Morgan fingerprint density at radius 2 is 1.79 bits per heavy atom. The quantitative estimate of drug-likeness (QED) is 0.676. The van der Waals surface area contributed by atoms with Crippen LogP contribution < -0.4 is 0 Å². The summed E-state index contributed by atoms with van der Waals surface area (Å²) in [7, 11) is 0. The first kappa shape index (κ1) is 10.9. The molecule has 0 saturated carbocycles. The van der Waals surface area contributed by atoms with E-state index in [-0.39, 0.29) is 5.92 Å². The van der Waals surface area contributed by atoms with E-state index in [2.05, 4.69) is 0 Å².